The summed E-state index contributed by atoms with van der Waals surface area (Å²) < 4.78 is 15.9. The Morgan fingerprint density at radius 2 is 1.25 bits per heavy atom. The molecule has 1 aliphatic rings. The third kappa shape index (κ3) is 9.21. The van der Waals surface area contributed by atoms with Gasteiger partial charge in [-0.15, -0.1) is 0 Å². The lowest BCUT2D eigenvalue weighted by Crippen LogP contribution is -2.22. The largest absolute Gasteiger partial charge is 0.462 e. The third-order valence-electron chi connectivity index (χ3n) is 7.06. The summed E-state index contributed by atoms with van der Waals surface area (Å²) >= 11 is 0. The van der Waals surface area contributed by atoms with Gasteiger partial charge in [-0.25, -0.2) is 9.59 Å². The molecule has 0 spiro atoms. The zero-order valence-electron chi connectivity index (χ0n) is 24.3. The maximum absolute atomic E-state index is 12.7. The van der Waals surface area contributed by atoms with Gasteiger partial charge in [0.1, 0.15) is 17.6 Å². The molecule has 0 unspecified atom stereocenters. The Balaban J connectivity index is 1.26. The number of allylic oxidation sites excluding steroid dienone is 1. The number of aliphatic hydroxyl groups excluding tert-OH is 1. The van der Waals surface area contributed by atoms with Gasteiger partial charge in [-0.2, -0.15) is 0 Å². The molecule has 0 aliphatic heterocycles. The van der Waals surface area contributed by atoms with Crippen molar-refractivity contribution in [2.45, 2.75) is 44.6 Å². The summed E-state index contributed by atoms with van der Waals surface area (Å²) in [6.45, 7) is 6.64. The van der Waals surface area contributed by atoms with E-state index >= 15 is 0 Å². The quantitative estimate of drug-likeness (QED) is 0.110. The fraction of sp³-hybridized carbons (Fsp3) is 0.222. The molecule has 0 saturated heterocycles. The minimum absolute atomic E-state index is 0.0229. The maximum Gasteiger partial charge on any atom is 0.341 e. The third-order valence-corrected chi connectivity index (χ3v) is 7.06. The molecule has 8 nitrogen and oxygen atoms in total. The summed E-state index contributed by atoms with van der Waals surface area (Å²) in [7, 11) is 0. The number of ether oxygens (including phenoxy) is 3. The molecule has 8 heteroatoms. The summed E-state index contributed by atoms with van der Waals surface area (Å²) in [4.78, 5) is 49.0. The van der Waals surface area contributed by atoms with E-state index in [2.05, 4.69) is 13.2 Å². The van der Waals surface area contributed by atoms with Gasteiger partial charge >= 0.3 is 17.9 Å². The van der Waals surface area contributed by atoms with Crippen molar-refractivity contribution in [1.82, 2.24) is 0 Å². The Kier molecular flexibility index (Phi) is 11.2. The molecule has 0 heterocycles. The van der Waals surface area contributed by atoms with Crippen molar-refractivity contribution in [2.75, 3.05) is 6.61 Å². The van der Waals surface area contributed by atoms with E-state index in [1.807, 2.05) is 12.1 Å². The summed E-state index contributed by atoms with van der Waals surface area (Å²) in [5, 5.41) is 8.98. The number of carbonyl (C=O) groups excluding carboxylic acids is 4. The van der Waals surface area contributed by atoms with Crippen LogP contribution in [-0.4, -0.2) is 41.5 Å². The number of ketones is 1. The van der Waals surface area contributed by atoms with Crippen molar-refractivity contribution < 1.29 is 38.5 Å². The van der Waals surface area contributed by atoms with E-state index in [9.17, 15) is 19.2 Å². The van der Waals surface area contributed by atoms with E-state index in [0.717, 1.165) is 48.8 Å². The molecule has 3 aromatic carbocycles. The Bertz CT molecular complexity index is 1540. The van der Waals surface area contributed by atoms with E-state index in [-0.39, 0.29) is 35.2 Å². The Hall–Kier alpha value is -5.08. The van der Waals surface area contributed by atoms with E-state index in [1.165, 1.54) is 6.08 Å². The number of benzene rings is 3. The number of rotatable bonds is 12. The highest BCUT2D eigenvalue weighted by molar-refractivity contribution is 6.07. The SMILES string of the molecule is C=C(CO)C(=O)Oc1ccc(-c2ccc(C(=O)/C=C/c3ccc(OC(=O)C(=C)CC(=O)OC4CCCCC4)cc3)cc2)cc1. The van der Waals surface area contributed by atoms with Crippen molar-refractivity contribution in [1.29, 1.82) is 0 Å². The highest BCUT2D eigenvalue weighted by atomic mass is 16.5. The molecule has 0 radical (unpaired) electrons. The number of carbonyl (C=O) groups is 4. The zero-order chi connectivity index (χ0) is 31.5. The second-order valence-corrected chi connectivity index (χ2v) is 10.4. The van der Waals surface area contributed by atoms with Crippen LogP contribution >= 0.6 is 0 Å². The van der Waals surface area contributed by atoms with Gasteiger partial charge < -0.3 is 19.3 Å². The van der Waals surface area contributed by atoms with E-state index in [4.69, 9.17) is 19.3 Å². The molecule has 44 heavy (non-hydrogen) atoms. The minimum Gasteiger partial charge on any atom is -0.462 e. The second kappa shape index (κ2) is 15.4. The van der Waals surface area contributed by atoms with Crippen molar-refractivity contribution in [3.8, 4) is 22.6 Å². The van der Waals surface area contributed by atoms with Crippen LogP contribution < -0.4 is 9.47 Å². The van der Waals surface area contributed by atoms with E-state index in [0.29, 0.717) is 11.3 Å². The van der Waals surface area contributed by atoms with Crippen molar-refractivity contribution in [2.24, 2.45) is 0 Å². The molecule has 226 valence electrons. The van der Waals surface area contributed by atoms with E-state index in [1.54, 1.807) is 66.7 Å². The van der Waals surface area contributed by atoms with Gasteiger partial charge in [0.25, 0.3) is 0 Å². The first-order valence-corrected chi connectivity index (χ1v) is 14.3. The Morgan fingerprint density at radius 3 is 1.82 bits per heavy atom. The summed E-state index contributed by atoms with van der Waals surface area (Å²) in [5.41, 5.74) is 2.96. The highest BCUT2D eigenvalue weighted by Crippen LogP contribution is 2.24. The van der Waals surface area contributed by atoms with Crippen LogP contribution in [0.2, 0.25) is 0 Å². The topological polar surface area (TPSA) is 116 Å². The van der Waals surface area contributed by atoms with Crippen LogP contribution in [0, 0.1) is 0 Å². The summed E-state index contributed by atoms with van der Waals surface area (Å²) in [6.07, 6.45) is 7.75. The first kappa shape index (κ1) is 31.8. The molecule has 1 aliphatic carbocycles. The monoisotopic (exact) mass is 594 g/mol. The van der Waals surface area contributed by atoms with Crippen molar-refractivity contribution >= 4 is 29.8 Å². The lowest BCUT2D eigenvalue weighted by atomic mass is 9.98. The smallest absolute Gasteiger partial charge is 0.341 e. The molecule has 1 saturated carbocycles. The normalized spacial score (nSPS) is 13.2. The molecule has 0 atom stereocenters. The lowest BCUT2D eigenvalue weighted by molar-refractivity contribution is -0.150. The maximum atomic E-state index is 12.7. The number of esters is 3. The summed E-state index contributed by atoms with van der Waals surface area (Å²) in [6, 6.07) is 20.5. The van der Waals surface area contributed by atoms with Gasteiger partial charge in [0.15, 0.2) is 5.78 Å². The number of hydrogen-bond donors (Lipinski definition) is 1. The first-order valence-electron chi connectivity index (χ1n) is 14.3. The molecule has 0 amide bonds. The molecule has 1 N–H and O–H groups in total. The molecule has 4 rings (SSSR count). The second-order valence-electron chi connectivity index (χ2n) is 10.4. The van der Waals surface area contributed by atoms with Gasteiger partial charge in [0.2, 0.25) is 0 Å². The molecular weight excluding hydrogens is 560 g/mol. The predicted molar refractivity (Wildman–Crippen MR) is 166 cm³/mol. The van der Waals surface area contributed by atoms with Crippen LogP contribution in [-0.2, 0) is 19.1 Å². The fourth-order valence-corrected chi connectivity index (χ4v) is 4.54. The lowest BCUT2D eigenvalue weighted by Gasteiger charge is -2.21. The van der Waals surface area contributed by atoms with Crippen LogP contribution in [0.4, 0.5) is 0 Å². The molecular formula is C36H34O8. The standard InChI is InChI=1S/C36H34O8/c1-24(22-34(39)42-30-6-4-3-5-7-30)35(40)43-31-17-8-26(9-18-31)10-21-33(38)29-13-11-27(12-14-29)28-15-19-32(20-16-28)44-36(41)25(2)23-37/h8-21,30,37H,1-7,22-23H2/b21-10+. The minimum atomic E-state index is -0.698. The predicted octanol–water partition coefficient (Wildman–Crippen LogP) is 6.43. The van der Waals surface area contributed by atoms with Crippen molar-refractivity contribution in [3.63, 3.8) is 0 Å². The highest BCUT2D eigenvalue weighted by Gasteiger charge is 2.20. The van der Waals surface area contributed by atoms with Crippen LogP contribution in [0.15, 0.2) is 103 Å². The van der Waals surface area contributed by atoms with Gasteiger partial charge in [-0.1, -0.05) is 74.2 Å². The first-order chi connectivity index (χ1) is 21.2. The Morgan fingerprint density at radius 1 is 0.727 bits per heavy atom. The van der Waals surface area contributed by atoms with Crippen LogP contribution in [0.5, 0.6) is 11.5 Å². The average Bonchev–Trinajstić information content (AvgIpc) is 3.04. The molecule has 3 aromatic rings. The van der Waals surface area contributed by atoms with Gasteiger partial charge in [0, 0.05) is 11.1 Å². The number of aliphatic hydroxyl groups is 1. The fourth-order valence-electron chi connectivity index (χ4n) is 4.54. The van der Waals surface area contributed by atoms with Crippen molar-refractivity contribution in [3.05, 3.63) is 114 Å². The van der Waals surface area contributed by atoms with Gasteiger partial charge in [0.05, 0.1) is 18.6 Å². The average molecular weight is 595 g/mol. The van der Waals surface area contributed by atoms with Crippen LogP contribution in [0.3, 0.4) is 0 Å². The number of hydrogen-bond acceptors (Lipinski definition) is 8. The van der Waals surface area contributed by atoms with Crippen LogP contribution in [0.25, 0.3) is 17.2 Å². The van der Waals surface area contributed by atoms with Gasteiger partial charge in [-0.3, -0.25) is 9.59 Å². The summed E-state index contributed by atoms with van der Waals surface area (Å²) in [5.74, 6) is -1.43. The zero-order valence-corrected chi connectivity index (χ0v) is 24.3. The van der Waals surface area contributed by atoms with E-state index < -0.39 is 24.5 Å². The molecule has 0 aromatic heterocycles. The van der Waals surface area contributed by atoms with Crippen LogP contribution in [0.1, 0.15) is 54.4 Å². The molecule has 0 bridgehead atoms. The Labute approximate surface area is 256 Å². The molecule has 1 fully saturated rings. The van der Waals surface area contributed by atoms with Gasteiger partial charge in [-0.05, 0) is 72.7 Å².